The van der Waals surface area contributed by atoms with E-state index in [4.69, 9.17) is 5.73 Å². The van der Waals surface area contributed by atoms with Crippen LogP contribution in [0.5, 0.6) is 0 Å². The molecular formula is C13H18N4. The lowest BCUT2D eigenvalue weighted by atomic mass is 10.2. The SMILES string of the molecule is CC(N)CCN(C)c1ncnc2ccccc12. The van der Waals surface area contributed by atoms with Crippen LogP contribution in [0.1, 0.15) is 13.3 Å². The van der Waals surface area contributed by atoms with Gasteiger partial charge in [-0.05, 0) is 25.5 Å². The Kier molecular flexibility index (Phi) is 3.54. The zero-order valence-corrected chi connectivity index (χ0v) is 10.3. The van der Waals surface area contributed by atoms with Gasteiger partial charge in [0.25, 0.3) is 0 Å². The topological polar surface area (TPSA) is 55.0 Å². The first kappa shape index (κ1) is 11.8. The van der Waals surface area contributed by atoms with Gasteiger partial charge in [0.2, 0.25) is 0 Å². The van der Waals surface area contributed by atoms with Crippen LogP contribution in [-0.4, -0.2) is 29.6 Å². The number of nitrogens with zero attached hydrogens (tertiary/aromatic N) is 3. The monoisotopic (exact) mass is 230 g/mol. The molecule has 1 atom stereocenters. The average Bonchev–Trinajstić information content (AvgIpc) is 2.35. The van der Waals surface area contributed by atoms with Gasteiger partial charge in [-0.25, -0.2) is 9.97 Å². The summed E-state index contributed by atoms with van der Waals surface area (Å²) in [5, 5.41) is 1.09. The highest BCUT2D eigenvalue weighted by Gasteiger charge is 2.08. The van der Waals surface area contributed by atoms with Crippen LogP contribution in [0.25, 0.3) is 10.9 Å². The highest BCUT2D eigenvalue weighted by atomic mass is 15.2. The molecule has 2 aromatic rings. The molecule has 0 radical (unpaired) electrons. The molecular weight excluding hydrogens is 212 g/mol. The van der Waals surface area contributed by atoms with E-state index in [1.807, 2.05) is 38.2 Å². The maximum absolute atomic E-state index is 5.77. The average molecular weight is 230 g/mol. The van der Waals surface area contributed by atoms with Gasteiger partial charge in [0, 0.05) is 25.0 Å². The third-order valence-corrected chi connectivity index (χ3v) is 2.80. The number of nitrogens with two attached hydrogens (primary N) is 1. The number of hydrogen-bond donors (Lipinski definition) is 1. The van der Waals surface area contributed by atoms with Crippen molar-refractivity contribution >= 4 is 16.7 Å². The summed E-state index contributed by atoms with van der Waals surface area (Å²) >= 11 is 0. The van der Waals surface area contributed by atoms with E-state index in [2.05, 4.69) is 14.9 Å². The van der Waals surface area contributed by atoms with Crippen LogP contribution in [-0.2, 0) is 0 Å². The second kappa shape index (κ2) is 5.10. The molecule has 0 aliphatic heterocycles. The molecule has 0 aliphatic carbocycles. The molecule has 2 rings (SSSR count). The molecule has 0 bridgehead atoms. The van der Waals surface area contributed by atoms with Gasteiger partial charge in [0.05, 0.1) is 5.52 Å². The zero-order valence-electron chi connectivity index (χ0n) is 10.3. The molecule has 4 heteroatoms. The van der Waals surface area contributed by atoms with Gasteiger partial charge < -0.3 is 10.6 Å². The largest absolute Gasteiger partial charge is 0.359 e. The molecule has 0 saturated carbocycles. The van der Waals surface area contributed by atoms with Gasteiger partial charge in [-0.15, -0.1) is 0 Å². The second-order valence-corrected chi connectivity index (χ2v) is 4.40. The number of aromatic nitrogens is 2. The lowest BCUT2D eigenvalue weighted by molar-refractivity contribution is 0.657. The van der Waals surface area contributed by atoms with Crippen molar-refractivity contribution in [3.05, 3.63) is 30.6 Å². The van der Waals surface area contributed by atoms with Crippen LogP contribution in [0.2, 0.25) is 0 Å². The summed E-state index contributed by atoms with van der Waals surface area (Å²) in [5.41, 5.74) is 6.75. The van der Waals surface area contributed by atoms with Crippen molar-refractivity contribution in [2.75, 3.05) is 18.5 Å². The normalized spacial score (nSPS) is 12.6. The van der Waals surface area contributed by atoms with Gasteiger partial charge in [0.1, 0.15) is 12.1 Å². The Balaban J connectivity index is 2.28. The van der Waals surface area contributed by atoms with Crippen molar-refractivity contribution in [1.29, 1.82) is 0 Å². The van der Waals surface area contributed by atoms with E-state index in [1.165, 1.54) is 0 Å². The molecule has 0 spiro atoms. The van der Waals surface area contributed by atoms with Crippen LogP contribution >= 0.6 is 0 Å². The zero-order chi connectivity index (χ0) is 12.3. The smallest absolute Gasteiger partial charge is 0.139 e. The number of rotatable bonds is 4. The summed E-state index contributed by atoms with van der Waals surface area (Å²) in [6, 6.07) is 8.26. The van der Waals surface area contributed by atoms with Gasteiger partial charge >= 0.3 is 0 Å². The van der Waals surface area contributed by atoms with E-state index in [-0.39, 0.29) is 6.04 Å². The molecule has 1 aromatic carbocycles. The molecule has 17 heavy (non-hydrogen) atoms. The molecule has 90 valence electrons. The van der Waals surface area contributed by atoms with Gasteiger partial charge in [-0.1, -0.05) is 12.1 Å². The van der Waals surface area contributed by atoms with Gasteiger partial charge in [-0.3, -0.25) is 0 Å². The summed E-state index contributed by atoms with van der Waals surface area (Å²) in [7, 11) is 2.04. The number of fused-ring (bicyclic) bond motifs is 1. The van der Waals surface area contributed by atoms with Crippen molar-refractivity contribution in [3.63, 3.8) is 0 Å². The third-order valence-electron chi connectivity index (χ3n) is 2.80. The summed E-state index contributed by atoms with van der Waals surface area (Å²) < 4.78 is 0. The van der Waals surface area contributed by atoms with E-state index in [0.29, 0.717) is 0 Å². The fourth-order valence-electron chi connectivity index (χ4n) is 1.80. The van der Waals surface area contributed by atoms with E-state index < -0.39 is 0 Å². The van der Waals surface area contributed by atoms with Gasteiger partial charge in [0.15, 0.2) is 0 Å². The van der Waals surface area contributed by atoms with Crippen LogP contribution < -0.4 is 10.6 Å². The summed E-state index contributed by atoms with van der Waals surface area (Å²) in [6.45, 7) is 2.92. The minimum Gasteiger partial charge on any atom is -0.359 e. The lowest BCUT2D eigenvalue weighted by Gasteiger charge is -2.20. The number of para-hydroxylation sites is 1. The van der Waals surface area contributed by atoms with Crippen molar-refractivity contribution in [2.45, 2.75) is 19.4 Å². The standard InChI is InChI=1S/C13H18N4/c1-10(14)7-8-17(2)13-11-5-3-4-6-12(11)15-9-16-13/h3-6,9-10H,7-8,14H2,1-2H3. The fraction of sp³-hybridized carbons (Fsp3) is 0.385. The van der Waals surface area contributed by atoms with Gasteiger partial charge in [-0.2, -0.15) is 0 Å². The van der Waals surface area contributed by atoms with Crippen molar-refractivity contribution < 1.29 is 0 Å². The Morgan fingerprint density at radius 3 is 2.82 bits per heavy atom. The second-order valence-electron chi connectivity index (χ2n) is 4.40. The van der Waals surface area contributed by atoms with Crippen molar-refractivity contribution in [2.24, 2.45) is 5.73 Å². The Morgan fingerprint density at radius 1 is 1.29 bits per heavy atom. The molecule has 0 saturated heterocycles. The van der Waals surface area contributed by atoms with Crippen LogP contribution in [0, 0.1) is 0 Å². The van der Waals surface area contributed by atoms with Crippen LogP contribution in [0.3, 0.4) is 0 Å². The first-order valence-electron chi connectivity index (χ1n) is 5.85. The molecule has 0 amide bonds. The summed E-state index contributed by atoms with van der Waals surface area (Å²) in [4.78, 5) is 10.7. The number of benzene rings is 1. The lowest BCUT2D eigenvalue weighted by Crippen LogP contribution is -2.26. The predicted molar refractivity (Wildman–Crippen MR) is 71.1 cm³/mol. The molecule has 1 aromatic heterocycles. The minimum atomic E-state index is 0.213. The highest BCUT2D eigenvalue weighted by Crippen LogP contribution is 2.21. The van der Waals surface area contributed by atoms with E-state index >= 15 is 0 Å². The molecule has 0 fully saturated rings. The maximum Gasteiger partial charge on any atom is 0.139 e. The Bertz CT molecular complexity index is 490. The molecule has 1 heterocycles. The Morgan fingerprint density at radius 2 is 2.06 bits per heavy atom. The molecule has 1 unspecified atom stereocenters. The molecule has 2 N–H and O–H groups in total. The predicted octanol–water partition coefficient (Wildman–Crippen LogP) is 1.80. The van der Waals surface area contributed by atoms with Crippen LogP contribution in [0.15, 0.2) is 30.6 Å². The quantitative estimate of drug-likeness (QED) is 0.870. The Labute approximate surface area is 101 Å². The van der Waals surface area contributed by atoms with E-state index in [0.717, 1.165) is 29.7 Å². The third kappa shape index (κ3) is 2.71. The van der Waals surface area contributed by atoms with E-state index in [1.54, 1.807) is 6.33 Å². The van der Waals surface area contributed by atoms with Crippen molar-refractivity contribution in [1.82, 2.24) is 9.97 Å². The maximum atomic E-state index is 5.77. The summed E-state index contributed by atoms with van der Waals surface area (Å²) in [5.74, 6) is 0.969. The van der Waals surface area contributed by atoms with Crippen molar-refractivity contribution in [3.8, 4) is 0 Å². The fourth-order valence-corrected chi connectivity index (χ4v) is 1.80. The number of hydrogen-bond acceptors (Lipinski definition) is 4. The molecule has 0 aliphatic rings. The first-order valence-corrected chi connectivity index (χ1v) is 5.85. The van der Waals surface area contributed by atoms with E-state index in [9.17, 15) is 0 Å². The summed E-state index contributed by atoms with van der Waals surface area (Å²) in [6.07, 6.45) is 2.56. The molecule has 4 nitrogen and oxygen atoms in total. The Hall–Kier alpha value is -1.68. The first-order chi connectivity index (χ1) is 8.18. The minimum absolute atomic E-state index is 0.213. The highest BCUT2D eigenvalue weighted by molar-refractivity contribution is 5.88. The van der Waals surface area contributed by atoms with Crippen LogP contribution in [0.4, 0.5) is 5.82 Å². The number of anilines is 1.